The fourth-order valence-corrected chi connectivity index (χ4v) is 2.15. The van der Waals surface area contributed by atoms with E-state index in [1.165, 1.54) is 12.1 Å². The Morgan fingerprint density at radius 2 is 2.00 bits per heavy atom. The van der Waals surface area contributed by atoms with Crippen LogP contribution in [0.25, 0.3) is 0 Å². The van der Waals surface area contributed by atoms with E-state index in [4.69, 9.17) is 28.9 Å². The van der Waals surface area contributed by atoms with Crippen molar-refractivity contribution in [3.8, 4) is 0 Å². The minimum absolute atomic E-state index is 0.243. The zero-order valence-electron chi connectivity index (χ0n) is 10.3. The number of hydrogen-bond donors (Lipinski definition) is 2. The van der Waals surface area contributed by atoms with Gasteiger partial charge in [0.05, 0.1) is 15.7 Å². The molecule has 1 aromatic heterocycles. The second-order valence-corrected chi connectivity index (χ2v) is 5.04. The Labute approximate surface area is 121 Å². The largest absolute Gasteiger partial charge is 0.396 e. The lowest BCUT2D eigenvalue weighted by atomic mass is 10.2. The highest BCUT2D eigenvalue weighted by Crippen LogP contribution is 2.28. The molecular formula is C13H13Cl2N3O. The van der Waals surface area contributed by atoms with Crippen molar-refractivity contribution in [2.24, 2.45) is 7.05 Å². The Morgan fingerprint density at radius 1 is 1.37 bits per heavy atom. The molecule has 0 fully saturated rings. The summed E-state index contributed by atoms with van der Waals surface area (Å²) in [6.45, 7) is 0.444. The number of hydrogen-bond acceptors (Lipinski definition) is 2. The van der Waals surface area contributed by atoms with E-state index in [2.05, 4.69) is 5.32 Å². The van der Waals surface area contributed by atoms with Crippen LogP contribution in [0.2, 0.25) is 10.0 Å². The molecule has 0 spiro atoms. The van der Waals surface area contributed by atoms with E-state index < -0.39 is 0 Å². The molecular weight excluding hydrogens is 285 g/mol. The first-order valence-corrected chi connectivity index (χ1v) is 6.36. The smallest absolute Gasteiger partial charge is 0.251 e. The average molecular weight is 298 g/mol. The molecule has 3 N–H and O–H groups in total. The number of carbonyl (C=O) groups is 1. The summed E-state index contributed by atoms with van der Waals surface area (Å²) in [5.41, 5.74) is 7.31. The number of anilines is 1. The van der Waals surface area contributed by atoms with Crippen molar-refractivity contribution in [1.29, 1.82) is 0 Å². The molecule has 0 bridgehead atoms. The number of halogens is 2. The second-order valence-electron chi connectivity index (χ2n) is 4.22. The average Bonchev–Trinajstić information content (AvgIpc) is 2.78. The Bertz CT molecular complexity index is 599. The van der Waals surface area contributed by atoms with Crippen LogP contribution in [-0.4, -0.2) is 10.5 Å². The van der Waals surface area contributed by atoms with Gasteiger partial charge in [-0.05, 0) is 23.8 Å². The van der Waals surface area contributed by atoms with Crippen LogP contribution in [0, 0.1) is 0 Å². The van der Waals surface area contributed by atoms with E-state index in [0.717, 1.165) is 5.56 Å². The van der Waals surface area contributed by atoms with Crippen molar-refractivity contribution >= 4 is 34.8 Å². The summed E-state index contributed by atoms with van der Waals surface area (Å²) in [4.78, 5) is 12.0. The number of aromatic nitrogens is 1. The molecule has 0 saturated heterocycles. The predicted octanol–water partition coefficient (Wildman–Crippen LogP) is 2.84. The molecule has 0 unspecified atom stereocenters. The van der Waals surface area contributed by atoms with Crippen molar-refractivity contribution in [1.82, 2.24) is 9.88 Å². The number of nitrogens with zero attached hydrogens (tertiary/aromatic N) is 1. The Hall–Kier alpha value is -1.65. The van der Waals surface area contributed by atoms with Gasteiger partial charge in [0.15, 0.2) is 0 Å². The van der Waals surface area contributed by atoms with Gasteiger partial charge >= 0.3 is 0 Å². The first kappa shape index (κ1) is 13.8. The molecule has 100 valence electrons. The van der Waals surface area contributed by atoms with Gasteiger partial charge in [-0.25, -0.2) is 0 Å². The molecule has 0 radical (unpaired) electrons. The van der Waals surface area contributed by atoms with Crippen LogP contribution >= 0.6 is 23.2 Å². The van der Waals surface area contributed by atoms with Gasteiger partial charge in [-0.1, -0.05) is 23.2 Å². The van der Waals surface area contributed by atoms with Crippen molar-refractivity contribution in [3.05, 3.63) is 51.8 Å². The molecule has 0 aliphatic heterocycles. The van der Waals surface area contributed by atoms with Crippen LogP contribution in [0.4, 0.5) is 5.69 Å². The van der Waals surface area contributed by atoms with E-state index in [1.807, 2.05) is 30.1 Å². The second kappa shape index (κ2) is 5.55. The van der Waals surface area contributed by atoms with Gasteiger partial charge in [-0.15, -0.1) is 0 Å². The molecule has 0 atom stereocenters. The van der Waals surface area contributed by atoms with E-state index in [-0.39, 0.29) is 21.6 Å². The summed E-state index contributed by atoms with van der Waals surface area (Å²) in [6.07, 6.45) is 3.85. The maximum atomic E-state index is 12.0. The van der Waals surface area contributed by atoms with Gasteiger partial charge in [-0.2, -0.15) is 0 Å². The topological polar surface area (TPSA) is 60.0 Å². The third-order valence-corrected chi connectivity index (χ3v) is 3.31. The molecule has 0 aliphatic rings. The van der Waals surface area contributed by atoms with Crippen molar-refractivity contribution in [2.75, 3.05) is 5.73 Å². The Balaban J connectivity index is 2.08. The minimum atomic E-state index is -0.243. The third-order valence-electron chi connectivity index (χ3n) is 2.69. The van der Waals surface area contributed by atoms with Crippen molar-refractivity contribution < 1.29 is 4.79 Å². The fraction of sp³-hybridized carbons (Fsp3) is 0.154. The monoisotopic (exact) mass is 297 g/mol. The minimum Gasteiger partial charge on any atom is -0.396 e. The lowest BCUT2D eigenvalue weighted by Gasteiger charge is -2.07. The van der Waals surface area contributed by atoms with Crippen LogP contribution in [-0.2, 0) is 13.6 Å². The molecule has 1 amide bonds. The number of amides is 1. The number of rotatable bonds is 3. The lowest BCUT2D eigenvalue weighted by Crippen LogP contribution is -2.22. The van der Waals surface area contributed by atoms with Gasteiger partial charge in [0, 0.05) is 31.5 Å². The van der Waals surface area contributed by atoms with Crippen molar-refractivity contribution in [2.45, 2.75) is 6.54 Å². The highest BCUT2D eigenvalue weighted by atomic mass is 35.5. The lowest BCUT2D eigenvalue weighted by molar-refractivity contribution is 0.0951. The zero-order chi connectivity index (χ0) is 14.0. The van der Waals surface area contributed by atoms with Crippen LogP contribution in [0.1, 0.15) is 15.9 Å². The van der Waals surface area contributed by atoms with E-state index in [9.17, 15) is 4.79 Å². The fourth-order valence-electron chi connectivity index (χ4n) is 1.67. The van der Waals surface area contributed by atoms with E-state index in [0.29, 0.717) is 12.1 Å². The van der Waals surface area contributed by atoms with Gasteiger partial charge in [-0.3, -0.25) is 4.79 Å². The van der Waals surface area contributed by atoms with E-state index in [1.54, 1.807) is 0 Å². The normalized spacial score (nSPS) is 10.5. The highest BCUT2D eigenvalue weighted by Gasteiger charge is 2.11. The molecule has 4 nitrogen and oxygen atoms in total. The van der Waals surface area contributed by atoms with Gasteiger partial charge < -0.3 is 15.6 Å². The van der Waals surface area contributed by atoms with Crippen LogP contribution in [0.3, 0.4) is 0 Å². The summed E-state index contributed by atoms with van der Waals surface area (Å²) in [7, 11) is 1.92. The number of aryl methyl sites for hydroxylation is 1. The Morgan fingerprint density at radius 3 is 2.53 bits per heavy atom. The molecule has 0 saturated carbocycles. The first-order chi connectivity index (χ1) is 8.97. The summed E-state index contributed by atoms with van der Waals surface area (Å²) in [6, 6.07) is 4.94. The molecule has 19 heavy (non-hydrogen) atoms. The summed E-state index contributed by atoms with van der Waals surface area (Å²) in [5.74, 6) is -0.243. The number of nitrogens with two attached hydrogens (primary N) is 1. The van der Waals surface area contributed by atoms with E-state index >= 15 is 0 Å². The maximum Gasteiger partial charge on any atom is 0.251 e. The van der Waals surface area contributed by atoms with Crippen LogP contribution in [0.5, 0.6) is 0 Å². The van der Waals surface area contributed by atoms with Gasteiger partial charge in [0.2, 0.25) is 0 Å². The number of benzene rings is 1. The summed E-state index contributed by atoms with van der Waals surface area (Å²) < 4.78 is 1.92. The number of nitrogen functional groups attached to an aromatic ring is 1. The maximum absolute atomic E-state index is 12.0. The number of carbonyl (C=O) groups excluding carboxylic acids is 1. The standard InChI is InChI=1S/C13H13Cl2N3O/c1-18-3-2-8(7-18)6-17-13(19)9-4-10(14)12(16)11(15)5-9/h2-5,7H,6,16H2,1H3,(H,17,19). The molecule has 1 heterocycles. The van der Waals surface area contributed by atoms with Gasteiger partial charge in [0.25, 0.3) is 5.91 Å². The molecule has 2 aromatic rings. The molecule has 2 rings (SSSR count). The predicted molar refractivity (Wildman–Crippen MR) is 77.5 cm³/mol. The quantitative estimate of drug-likeness (QED) is 0.856. The highest BCUT2D eigenvalue weighted by molar-refractivity contribution is 6.39. The number of nitrogens with one attached hydrogen (secondary N) is 1. The SMILES string of the molecule is Cn1ccc(CNC(=O)c2cc(Cl)c(N)c(Cl)c2)c1. The Kier molecular flexibility index (Phi) is 4.02. The van der Waals surface area contributed by atoms with Crippen LogP contribution in [0.15, 0.2) is 30.6 Å². The van der Waals surface area contributed by atoms with Crippen LogP contribution < -0.4 is 11.1 Å². The molecule has 0 aliphatic carbocycles. The molecule has 1 aromatic carbocycles. The first-order valence-electron chi connectivity index (χ1n) is 5.61. The summed E-state index contributed by atoms with van der Waals surface area (Å²) in [5, 5.41) is 3.34. The summed E-state index contributed by atoms with van der Waals surface area (Å²) >= 11 is 11.8. The van der Waals surface area contributed by atoms with Crippen molar-refractivity contribution in [3.63, 3.8) is 0 Å². The third kappa shape index (κ3) is 3.22. The van der Waals surface area contributed by atoms with Gasteiger partial charge in [0.1, 0.15) is 0 Å². The zero-order valence-corrected chi connectivity index (χ0v) is 11.8. The molecule has 6 heteroatoms.